The molecule has 1 saturated heterocycles. The van der Waals surface area contributed by atoms with Crippen molar-refractivity contribution in [1.82, 2.24) is 4.90 Å². The second-order valence-electron chi connectivity index (χ2n) is 3.75. The van der Waals surface area contributed by atoms with Crippen molar-refractivity contribution in [3.63, 3.8) is 0 Å². The average molecular weight is 213 g/mol. The van der Waals surface area contributed by atoms with E-state index in [2.05, 4.69) is 6.58 Å². The van der Waals surface area contributed by atoms with Gasteiger partial charge in [0.2, 0.25) is 5.91 Å². The highest BCUT2D eigenvalue weighted by Gasteiger charge is 2.29. The summed E-state index contributed by atoms with van der Waals surface area (Å²) < 4.78 is 0. The Bertz CT molecular complexity index is 277. The Morgan fingerprint density at radius 2 is 2.40 bits per heavy atom. The average Bonchev–Trinajstić information content (AvgIpc) is 2.46. The molecule has 1 amide bonds. The molecular weight excluding hydrogens is 198 g/mol. The number of carbonyl (C=O) groups is 2. The number of carbonyl (C=O) groups excluding carboxylic acids is 1. The first-order chi connectivity index (χ1) is 7.02. The number of rotatable bonds is 5. The van der Waals surface area contributed by atoms with Crippen LogP contribution in [0.1, 0.15) is 12.8 Å². The molecule has 0 aromatic heterocycles. The molecule has 1 aliphatic rings. The zero-order valence-corrected chi connectivity index (χ0v) is 8.43. The fourth-order valence-electron chi connectivity index (χ4n) is 1.66. The standard InChI is InChI=1S/C10H15NO4/c1-2-7-3-9(13)11(5-7)6-8(12)4-10(14)15/h2,7-8,12H,1,3-6H2,(H,14,15). The molecular formula is C10H15NO4. The molecule has 2 N–H and O–H groups in total. The quantitative estimate of drug-likeness (QED) is 0.623. The third-order valence-electron chi connectivity index (χ3n) is 2.42. The molecule has 1 rings (SSSR count). The third-order valence-corrected chi connectivity index (χ3v) is 2.42. The van der Waals surface area contributed by atoms with Gasteiger partial charge in [-0.2, -0.15) is 0 Å². The van der Waals surface area contributed by atoms with Crippen LogP contribution in [-0.4, -0.2) is 46.2 Å². The topological polar surface area (TPSA) is 77.8 Å². The lowest BCUT2D eigenvalue weighted by Gasteiger charge is -2.19. The van der Waals surface area contributed by atoms with Gasteiger partial charge in [-0.1, -0.05) is 6.08 Å². The van der Waals surface area contributed by atoms with Gasteiger partial charge in [-0.25, -0.2) is 0 Å². The van der Waals surface area contributed by atoms with E-state index in [1.807, 2.05) is 0 Å². The molecule has 0 aromatic carbocycles. The molecule has 5 heteroatoms. The molecule has 0 aliphatic carbocycles. The monoisotopic (exact) mass is 213 g/mol. The maximum absolute atomic E-state index is 11.4. The van der Waals surface area contributed by atoms with Crippen LogP contribution in [0.15, 0.2) is 12.7 Å². The Morgan fingerprint density at radius 1 is 1.73 bits per heavy atom. The maximum Gasteiger partial charge on any atom is 0.306 e. The number of carboxylic acid groups (broad SMARTS) is 1. The summed E-state index contributed by atoms with van der Waals surface area (Å²) in [6.45, 7) is 4.22. The van der Waals surface area contributed by atoms with E-state index < -0.39 is 12.1 Å². The molecule has 0 spiro atoms. The molecule has 0 saturated carbocycles. The Kier molecular flexibility index (Phi) is 3.85. The van der Waals surface area contributed by atoms with Crippen LogP contribution in [-0.2, 0) is 9.59 Å². The number of aliphatic hydroxyl groups excluding tert-OH is 1. The summed E-state index contributed by atoms with van der Waals surface area (Å²) in [6, 6.07) is 0. The van der Waals surface area contributed by atoms with E-state index in [4.69, 9.17) is 5.11 Å². The van der Waals surface area contributed by atoms with Crippen LogP contribution in [0.2, 0.25) is 0 Å². The zero-order valence-electron chi connectivity index (χ0n) is 8.43. The van der Waals surface area contributed by atoms with Crippen molar-refractivity contribution in [2.75, 3.05) is 13.1 Å². The number of aliphatic carboxylic acids is 1. The van der Waals surface area contributed by atoms with Crippen molar-refractivity contribution in [2.24, 2.45) is 5.92 Å². The highest BCUT2D eigenvalue weighted by Crippen LogP contribution is 2.18. The maximum atomic E-state index is 11.4. The summed E-state index contributed by atoms with van der Waals surface area (Å²) in [5.41, 5.74) is 0. The van der Waals surface area contributed by atoms with Crippen LogP contribution in [0.4, 0.5) is 0 Å². The fraction of sp³-hybridized carbons (Fsp3) is 0.600. The number of hydrogen-bond acceptors (Lipinski definition) is 3. The molecule has 1 heterocycles. The van der Waals surface area contributed by atoms with E-state index in [1.54, 1.807) is 6.08 Å². The number of nitrogens with zero attached hydrogens (tertiary/aromatic N) is 1. The molecule has 15 heavy (non-hydrogen) atoms. The van der Waals surface area contributed by atoms with Gasteiger partial charge in [0.1, 0.15) is 0 Å². The van der Waals surface area contributed by atoms with Crippen LogP contribution in [0.25, 0.3) is 0 Å². The van der Waals surface area contributed by atoms with Crippen LogP contribution >= 0.6 is 0 Å². The predicted molar refractivity (Wildman–Crippen MR) is 53.1 cm³/mol. The first-order valence-electron chi connectivity index (χ1n) is 4.83. The predicted octanol–water partition coefficient (Wildman–Crippen LogP) is -0.144. The Labute approximate surface area is 88.0 Å². The minimum atomic E-state index is -1.06. The van der Waals surface area contributed by atoms with E-state index in [-0.39, 0.29) is 24.8 Å². The van der Waals surface area contributed by atoms with E-state index in [9.17, 15) is 14.7 Å². The summed E-state index contributed by atoms with van der Waals surface area (Å²) >= 11 is 0. The summed E-state index contributed by atoms with van der Waals surface area (Å²) in [7, 11) is 0. The largest absolute Gasteiger partial charge is 0.481 e. The molecule has 0 aromatic rings. The second-order valence-corrected chi connectivity index (χ2v) is 3.75. The Morgan fingerprint density at radius 3 is 2.87 bits per heavy atom. The fourth-order valence-corrected chi connectivity index (χ4v) is 1.66. The lowest BCUT2D eigenvalue weighted by atomic mass is 10.1. The SMILES string of the molecule is C=CC1CC(=O)N(CC(O)CC(=O)O)C1. The van der Waals surface area contributed by atoms with Gasteiger partial charge >= 0.3 is 5.97 Å². The summed E-state index contributed by atoms with van der Waals surface area (Å²) in [4.78, 5) is 23.2. The zero-order chi connectivity index (χ0) is 11.4. The van der Waals surface area contributed by atoms with Crippen molar-refractivity contribution >= 4 is 11.9 Å². The molecule has 1 aliphatic heterocycles. The minimum Gasteiger partial charge on any atom is -0.481 e. The Hall–Kier alpha value is -1.36. The van der Waals surface area contributed by atoms with Crippen LogP contribution in [0.3, 0.4) is 0 Å². The van der Waals surface area contributed by atoms with Crippen LogP contribution < -0.4 is 0 Å². The van der Waals surface area contributed by atoms with Crippen molar-refractivity contribution in [3.05, 3.63) is 12.7 Å². The molecule has 0 bridgehead atoms. The van der Waals surface area contributed by atoms with Gasteiger partial charge in [-0.15, -0.1) is 6.58 Å². The molecule has 84 valence electrons. The van der Waals surface area contributed by atoms with Crippen molar-refractivity contribution in [3.8, 4) is 0 Å². The summed E-state index contributed by atoms with van der Waals surface area (Å²) in [5.74, 6) is -0.992. The van der Waals surface area contributed by atoms with Crippen LogP contribution in [0.5, 0.6) is 0 Å². The number of hydrogen-bond donors (Lipinski definition) is 2. The van der Waals surface area contributed by atoms with Crippen molar-refractivity contribution in [1.29, 1.82) is 0 Å². The first-order valence-corrected chi connectivity index (χ1v) is 4.83. The number of aliphatic hydroxyl groups is 1. The molecule has 2 atom stereocenters. The smallest absolute Gasteiger partial charge is 0.306 e. The molecule has 1 fully saturated rings. The minimum absolute atomic E-state index is 0.0515. The van der Waals surface area contributed by atoms with Gasteiger partial charge in [-0.3, -0.25) is 9.59 Å². The van der Waals surface area contributed by atoms with E-state index in [0.29, 0.717) is 13.0 Å². The Balaban J connectivity index is 2.41. The van der Waals surface area contributed by atoms with Crippen molar-refractivity contribution < 1.29 is 19.8 Å². The van der Waals surface area contributed by atoms with Gasteiger partial charge in [0.25, 0.3) is 0 Å². The second kappa shape index (κ2) is 4.93. The normalized spacial score (nSPS) is 22.9. The lowest BCUT2D eigenvalue weighted by molar-refractivity contribution is -0.140. The number of carboxylic acids is 1. The molecule has 5 nitrogen and oxygen atoms in total. The first kappa shape index (κ1) is 11.7. The summed E-state index contributed by atoms with van der Waals surface area (Å²) in [5, 5.41) is 17.8. The summed E-state index contributed by atoms with van der Waals surface area (Å²) in [6.07, 6.45) is 0.794. The molecule has 2 unspecified atom stereocenters. The third kappa shape index (κ3) is 3.36. The molecule has 0 radical (unpaired) electrons. The van der Waals surface area contributed by atoms with E-state index in [1.165, 1.54) is 4.90 Å². The van der Waals surface area contributed by atoms with Crippen molar-refractivity contribution in [2.45, 2.75) is 18.9 Å². The number of β-amino-alcohol motifs (C(OH)–C–C–N with tert-alkyl or cyclic N) is 1. The van der Waals surface area contributed by atoms with Crippen LogP contribution in [0, 0.1) is 5.92 Å². The highest BCUT2D eigenvalue weighted by molar-refractivity contribution is 5.79. The van der Waals surface area contributed by atoms with E-state index >= 15 is 0 Å². The lowest BCUT2D eigenvalue weighted by Crippen LogP contribution is -2.34. The highest BCUT2D eigenvalue weighted by atomic mass is 16.4. The van der Waals surface area contributed by atoms with E-state index in [0.717, 1.165) is 0 Å². The number of amides is 1. The van der Waals surface area contributed by atoms with Gasteiger partial charge in [-0.05, 0) is 0 Å². The van der Waals surface area contributed by atoms with Gasteiger partial charge in [0.15, 0.2) is 0 Å². The van der Waals surface area contributed by atoms with Gasteiger partial charge < -0.3 is 15.1 Å². The van der Waals surface area contributed by atoms with Gasteiger partial charge in [0, 0.05) is 25.4 Å². The number of likely N-dealkylation sites (tertiary alicyclic amines) is 1. The van der Waals surface area contributed by atoms with Gasteiger partial charge in [0.05, 0.1) is 12.5 Å².